The quantitative estimate of drug-likeness (QED) is 0.239. The molecule has 2 aromatic carbocycles. The first kappa shape index (κ1) is 18.3. The highest BCUT2D eigenvalue weighted by molar-refractivity contribution is 9.10. The summed E-state index contributed by atoms with van der Waals surface area (Å²) in [5.74, 6) is 1.47. The van der Waals surface area contributed by atoms with E-state index >= 15 is 0 Å². The van der Waals surface area contributed by atoms with Gasteiger partial charge >= 0.3 is 0 Å². The summed E-state index contributed by atoms with van der Waals surface area (Å²) in [4.78, 5) is 8.41. The van der Waals surface area contributed by atoms with Crippen molar-refractivity contribution >= 4 is 62.4 Å². The molecule has 4 N–H and O–H groups in total. The van der Waals surface area contributed by atoms with E-state index in [0.717, 1.165) is 20.8 Å². The fourth-order valence-corrected chi connectivity index (χ4v) is 2.82. The molecule has 3 rings (SSSR count). The molecule has 0 aliphatic carbocycles. The maximum absolute atomic E-state index is 5.99. The van der Waals surface area contributed by atoms with E-state index in [1.165, 1.54) is 0 Å². The van der Waals surface area contributed by atoms with Crippen LogP contribution in [0, 0.1) is 0 Å². The van der Waals surface area contributed by atoms with Crippen molar-refractivity contribution in [1.82, 2.24) is 4.98 Å². The second kappa shape index (κ2) is 8.29. The summed E-state index contributed by atoms with van der Waals surface area (Å²) >= 11 is 7.58. The first-order chi connectivity index (χ1) is 12.6. The molecule has 0 amide bonds. The van der Waals surface area contributed by atoms with Crippen LogP contribution in [0.2, 0.25) is 0 Å². The van der Waals surface area contributed by atoms with Crippen LogP contribution < -0.4 is 11.5 Å². The maximum atomic E-state index is 5.99. The molecule has 0 radical (unpaired) electrons. The SMILES string of the molecule is NC(=NCCS)c1ccc(N=Nc2c(N)ncc3ccc(Br)cc23)cc1. The van der Waals surface area contributed by atoms with Gasteiger partial charge in [0.2, 0.25) is 0 Å². The second-order valence-electron chi connectivity index (χ2n) is 5.46. The van der Waals surface area contributed by atoms with Gasteiger partial charge < -0.3 is 11.5 Å². The van der Waals surface area contributed by atoms with Gasteiger partial charge in [0.25, 0.3) is 0 Å². The number of anilines is 1. The number of hydrogen-bond acceptors (Lipinski definition) is 6. The molecule has 3 aromatic rings. The van der Waals surface area contributed by atoms with E-state index in [-0.39, 0.29) is 0 Å². The third kappa shape index (κ3) is 4.20. The van der Waals surface area contributed by atoms with Gasteiger partial charge in [-0.3, -0.25) is 4.99 Å². The summed E-state index contributed by atoms with van der Waals surface area (Å²) < 4.78 is 0.937. The standard InChI is InChI=1S/C18H17BrN6S/c19-13-4-1-12-10-23-18(21)16(15(12)9-13)25-24-14-5-2-11(3-6-14)17(20)22-7-8-26/h1-6,9-10,26H,7-8H2,(H2,20,22)(H2,21,23). The number of aromatic nitrogens is 1. The van der Waals surface area contributed by atoms with Crippen molar-refractivity contribution in [2.75, 3.05) is 18.0 Å². The number of rotatable bonds is 5. The monoisotopic (exact) mass is 428 g/mol. The summed E-state index contributed by atoms with van der Waals surface area (Å²) in [6.45, 7) is 0.583. The third-order valence-electron chi connectivity index (χ3n) is 3.67. The number of azo groups is 1. The van der Waals surface area contributed by atoms with Crippen LogP contribution in [0.25, 0.3) is 10.8 Å². The van der Waals surface area contributed by atoms with Crippen molar-refractivity contribution in [1.29, 1.82) is 0 Å². The molecule has 1 aromatic heterocycles. The van der Waals surface area contributed by atoms with Gasteiger partial charge in [-0.1, -0.05) is 22.0 Å². The second-order valence-corrected chi connectivity index (χ2v) is 6.82. The lowest BCUT2D eigenvalue weighted by atomic mass is 10.1. The van der Waals surface area contributed by atoms with Crippen molar-refractivity contribution in [2.45, 2.75) is 0 Å². The number of nitrogens with zero attached hydrogens (tertiary/aromatic N) is 4. The first-order valence-corrected chi connectivity index (χ1v) is 9.27. The molecule has 26 heavy (non-hydrogen) atoms. The Morgan fingerprint density at radius 3 is 2.62 bits per heavy atom. The molecule has 0 fully saturated rings. The van der Waals surface area contributed by atoms with E-state index < -0.39 is 0 Å². The summed E-state index contributed by atoms with van der Waals surface area (Å²) in [6, 6.07) is 13.2. The number of pyridine rings is 1. The molecule has 132 valence electrons. The van der Waals surface area contributed by atoms with Crippen LogP contribution in [0.5, 0.6) is 0 Å². The van der Waals surface area contributed by atoms with E-state index in [9.17, 15) is 0 Å². The van der Waals surface area contributed by atoms with Gasteiger partial charge in [-0.05, 0) is 36.4 Å². The predicted molar refractivity (Wildman–Crippen MR) is 114 cm³/mol. The summed E-state index contributed by atoms with van der Waals surface area (Å²) in [5, 5.41) is 10.4. The Kier molecular flexibility index (Phi) is 5.85. The predicted octanol–water partition coefficient (Wildman–Crippen LogP) is 4.63. The van der Waals surface area contributed by atoms with Gasteiger partial charge in [-0.25, -0.2) is 4.98 Å². The molecule has 0 spiro atoms. The summed E-state index contributed by atoms with van der Waals surface area (Å²) in [6.07, 6.45) is 1.72. The van der Waals surface area contributed by atoms with Crippen molar-refractivity contribution in [3.63, 3.8) is 0 Å². The van der Waals surface area contributed by atoms with Crippen LogP contribution in [0.4, 0.5) is 17.2 Å². The number of hydrogen-bond donors (Lipinski definition) is 3. The Bertz CT molecular complexity index is 980. The summed E-state index contributed by atoms with van der Waals surface area (Å²) in [5.41, 5.74) is 14.0. The fourth-order valence-electron chi connectivity index (χ4n) is 2.36. The molecule has 0 saturated carbocycles. The average Bonchev–Trinajstić information content (AvgIpc) is 2.65. The van der Waals surface area contributed by atoms with Crippen LogP contribution in [-0.4, -0.2) is 23.1 Å². The lowest BCUT2D eigenvalue weighted by molar-refractivity contribution is 1.14. The van der Waals surface area contributed by atoms with Crippen LogP contribution >= 0.6 is 28.6 Å². The smallest absolute Gasteiger partial charge is 0.151 e. The van der Waals surface area contributed by atoms with Gasteiger partial charge in [-0.2, -0.15) is 17.7 Å². The van der Waals surface area contributed by atoms with Gasteiger partial charge in [0.15, 0.2) is 5.82 Å². The van der Waals surface area contributed by atoms with E-state index in [0.29, 0.717) is 35.3 Å². The number of aliphatic imine (C=N–C) groups is 1. The Labute approximate surface area is 165 Å². The first-order valence-electron chi connectivity index (χ1n) is 7.85. The number of nitrogens with two attached hydrogens (primary N) is 2. The summed E-state index contributed by atoms with van der Waals surface area (Å²) in [7, 11) is 0. The minimum absolute atomic E-state index is 0.333. The number of nitrogen functional groups attached to an aromatic ring is 1. The highest BCUT2D eigenvalue weighted by atomic mass is 79.9. The molecule has 6 nitrogen and oxygen atoms in total. The zero-order chi connectivity index (χ0) is 18.5. The van der Waals surface area contributed by atoms with Gasteiger partial charge in [0, 0.05) is 32.8 Å². The van der Waals surface area contributed by atoms with E-state index in [1.807, 2.05) is 42.5 Å². The van der Waals surface area contributed by atoms with Gasteiger partial charge in [-0.15, -0.1) is 5.11 Å². The molecule has 8 heteroatoms. The molecule has 0 saturated heterocycles. The number of fused-ring (bicyclic) bond motifs is 1. The van der Waals surface area contributed by atoms with E-state index in [2.05, 4.69) is 48.8 Å². The number of halogens is 1. The van der Waals surface area contributed by atoms with Crippen molar-refractivity contribution in [3.05, 3.63) is 58.7 Å². The minimum atomic E-state index is 0.333. The Morgan fingerprint density at radius 1 is 1.12 bits per heavy atom. The topological polar surface area (TPSA) is 102 Å². The lowest BCUT2D eigenvalue weighted by Crippen LogP contribution is -2.13. The van der Waals surface area contributed by atoms with Crippen LogP contribution in [0.3, 0.4) is 0 Å². The van der Waals surface area contributed by atoms with E-state index in [1.54, 1.807) is 6.20 Å². The molecule has 0 aliphatic rings. The average molecular weight is 429 g/mol. The fraction of sp³-hybridized carbons (Fsp3) is 0.111. The molecular weight excluding hydrogens is 412 g/mol. The van der Waals surface area contributed by atoms with Crippen molar-refractivity contribution in [2.24, 2.45) is 21.0 Å². The molecule has 0 bridgehead atoms. The largest absolute Gasteiger partial charge is 0.384 e. The van der Waals surface area contributed by atoms with Crippen LogP contribution in [-0.2, 0) is 0 Å². The zero-order valence-corrected chi connectivity index (χ0v) is 16.3. The zero-order valence-electron chi connectivity index (χ0n) is 13.8. The Balaban J connectivity index is 1.90. The number of benzene rings is 2. The maximum Gasteiger partial charge on any atom is 0.151 e. The van der Waals surface area contributed by atoms with Gasteiger partial charge in [0.1, 0.15) is 11.5 Å². The molecule has 1 heterocycles. The van der Waals surface area contributed by atoms with E-state index in [4.69, 9.17) is 11.5 Å². The van der Waals surface area contributed by atoms with Crippen LogP contribution in [0.15, 0.2) is 68.4 Å². The number of amidine groups is 1. The molecule has 0 unspecified atom stereocenters. The van der Waals surface area contributed by atoms with Crippen LogP contribution in [0.1, 0.15) is 5.56 Å². The van der Waals surface area contributed by atoms with Gasteiger partial charge in [0.05, 0.1) is 12.2 Å². The van der Waals surface area contributed by atoms with Crippen molar-refractivity contribution < 1.29 is 0 Å². The molecule has 0 atom stereocenters. The lowest BCUT2D eigenvalue weighted by Gasteiger charge is -2.05. The third-order valence-corrected chi connectivity index (χ3v) is 4.36. The normalized spacial score (nSPS) is 12.2. The molecule has 0 aliphatic heterocycles. The highest BCUT2D eigenvalue weighted by Crippen LogP contribution is 2.33. The molecular formula is C18H17BrN6S. The Morgan fingerprint density at radius 2 is 1.88 bits per heavy atom. The van der Waals surface area contributed by atoms with Crippen molar-refractivity contribution in [3.8, 4) is 0 Å². The highest BCUT2D eigenvalue weighted by Gasteiger charge is 2.07. The minimum Gasteiger partial charge on any atom is -0.384 e. The Hall–Kier alpha value is -2.45. The number of thiol groups is 1.